The predicted molar refractivity (Wildman–Crippen MR) is 83.2 cm³/mol. The van der Waals surface area contributed by atoms with Crippen LogP contribution in [0.2, 0.25) is 0 Å². The van der Waals surface area contributed by atoms with Gasteiger partial charge in [-0.05, 0) is 37.0 Å². The quantitative estimate of drug-likeness (QED) is 0.812. The molecule has 0 aliphatic heterocycles. The third-order valence-corrected chi connectivity index (χ3v) is 4.49. The SMILES string of the molecule is CC1CCCC(O)(CNC(=O)c2cccc3[nH]ccc23)C1. The van der Waals surface area contributed by atoms with Crippen molar-refractivity contribution in [3.05, 3.63) is 36.0 Å². The number of rotatable bonds is 3. The second kappa shape index (κ2) is 5.53. The van der Waals surface area contributed by atoms with Gasteiger partial charge in [0.2, 0.25) is 0 Å². The summed E-state index contributed by atoms with van der Waals surface area (Å²) >= 11 is 0. The first kappa shape index (κ1) is 14.1. The number of carbonyl (C=O) groups is 1. The molecule has 1 aromatic heterocycles. The van der Waals surface area contributed by atoms with Crippen LogP contribution >= 0.6 is 0 Å². The number of amides is 1. The lowest BCUT2D eigenvalue weighted by Crippen LogP contribution is -2.45. The summed E-state index contributed by atoms with van der Waals surface area (Å²) in [4.78, 5) is 15.5. The fourth-order valence-corrected chi connectivity index (χ4v) is 3.42. The first-order valence-corrected chi connectivity index (χ1v) is 7.64. The highest BCUT2D eigenvalue weighted by Gasteiger charge is 2.33. The number of hydrogen-bond donors (Lipinski definition) is 3. The van der Waals surface area contributed by atoms with Gasteiger partial charge in [0.05, 0.1) is 5.60 Å². The molecule has 1 amide bonds. The average Bonchev–Trinajstić information content (AvgIpc) is 2.93. The van der Waals surface area contributed by atoms with Crippen LogP contribution in [0.3, 0.4) is 0 Å². The minimum atomic E-state index is -0.751. The number of aromatic nitrogens is 1. The molecule has 0 bridgehead atoms. The highest BCUT2D eigenvalue weighted by molar-refractivity contribution is 6.06. The summed E-state index contributed by atoms with van der Waals surface area (Å²) in [7, 11) is 0. The van der Waals surface area contributed by atoms with Crippen LogP contribution in [0.1, 0.15) is 43.0 Å². The van der Waals surface area contributed by atoms with Gasteiger partial charge in [-0.15, -0.1) is 0 Å². The molecular formula is C17H22N2O2. The summed E-state index contributed by atoms with van der Waals surface area (Å²) in [6.07, 6.45) is 5.56. The fourth-order valence-electron chi connectivity index (χ4n) is 3.42. The lowest BCUT2D eigenvalue weighted by Gasteiger charge is -2.35. The molecule has 112 valence electrons. The van der Waals surface area contributed by atoms with Gasteiger partial charge < -0.3 is 15.4 Å². The molecule has 21 heavy (non-hydrogen) atoms. The molecule has 0 radical (unpaired) electrons. The molecule has 0 saturated heterocycles. The standard InChI is InChI=1S/C17H22N2O2/c1-12-4-3-8-17(21,10-12)11-19-16(20)14-5-2-6-15-13(14)7-9-18-15/h2,5-7,9,12,18,21H,3-4,8,10-11H2,1H3,(H,19,20). The zero-order valence-electron chi connectivity index (χ0n) is 12.4. The van der Waals surface area contributed by atoms with Gasteiger partial charge in [0.25, 0.3) is 5.91 Å². The number of fused-ring (bicyclic) bond motifs is 1. The maximum absolute atomic E-state index is 12.4. The number of aromatic amines is 1. The zero-order chi connectivity index (χ0) is 14.9. The summed E-state index contributed by atoms with van der Waals surface area (Å²) in [5.41, 5.74) is 0.855. The van der Waals surface area contributed by atoms with Crippen molar-refractivity contribution in [2.45, 2.75) is 38.2 Å². The van der Waals surface area contributed by atoms with Crippen molar-refractivity contribution < 1.29 is 9.90 Å². The molecule has 1 aromatic carbocycles. The third-order valence-electron chi connectivity index (χ3n) is 4.49. The van der Waals surface area contributed by atoms with E-state index >= 15 is 0 Å². The van der Waals surface area contributed by atoms with Gasteiger partial charge in [-0.1, -0.05) is 25.8 Å². The van der Waals surface area contributed by atoms with Crippen molar-refractivity contribution >= 4 is 16.8 Å². The van der Waals surface area contributed by atoms with Gasteiger partial charge in [0.15, 0.2) is 0 Å². The normalized spacial score (nSPS) is 25.9. The Labute approximate surface area is 124 Å². The molecular weight excluding hydrogens is 264 g/mol. The number of hydrogen-bond acceptors (Lipinski definition) is 2. The van der Waals surface area contributed by atoms with E-state index in [0.29, 0.717) is 18.0 Å². The summed E-state index contributed by atoms with van der Waals surface area (Å²) in [5.74, 6) is 0.403. The summed E-state index contributed by atoms with van der Waals surface area (Å²) in [6, 6.07) is 7.54. The first-order valence-electron chi connectivity index (χ1n) is 7.64. The Kier molecular flexibility index (Phi) is 3.72. The van der Waals surface area contributed by atoms with Crippen LogP contribution in [0.15, 0.2) is 30.5 Å². The second-order valence-electron chi connectivity index (χ2n) is 6.35. The lowest BCUT2D eigenvalue weighted by molar-refractivity contribution is -0.0109. The number of aliphatic hydroxyl groups is 1. The Morgan fingerprint density at radius 1 is 1.48 bits per heavy atom. The van der Waals surface area contributed by atoms with E-state index in [1.165, 1.54) is 6.42 Å². The van der Waals surface area contributed by atoms with Crippen molar-refractivity contribution in [1.29, 1.82) is 0 Å². The van der Waals surface area contributed by atoms with E-state index in [0.717, 1.165) is 30.2 Å². The van der Waals surface area contributed by atoms with E-state index in [1.54, 1.807) is 0 Å². The fraction of sp³-hybridized carbons (Fsp3) is 0.471. The molecule has 2 aromatic rings. The van der Waals surface area contributed by atoms with Gasteiger partial charge in [-0.25, -0.2) is 0 Å². The topological polar surface area (TPSA) is 65.1 Å². The average molecular weight is 286 g/mol. The Morgan fingerprint density at radius 2 is 2.33 bits per heavy atom. The highest BCUT2D eigenvalue weighted by atomic mass is 16.3. The summed E-state index contributed by atoms with van der Waals surface area (Å²) in [6.45, 7) is 2.49. The predicted octanol–water partition coefficient (Wildman–Crippen LogP) is 2.84. The number of carbonyl (C=O) groups excluding carboxylic acids is 1. The third kappa shape index (κ3) is 2.95. The van der Waals surface area contributed by atoms with E-state index in [2.05, 4.69) is 17.2 Å². The summed E-state index contributed by atoms with van der Waals surface area (Å²) < 4.78 is 0. The van der Waals surface area contributed by atoms with Crippen LogP contribution < -0.4 is 5.32 Å². The number of benzene rings is 1. The van der Waals surface area contributed by atoms with Crippen LogP contribution in [0.25, 0.3) is 10.9 Å². The van der Waals surface area contributed by atoms with Crippen molar-refractivity contribution in [3.8, 4) is 0 Å². The van der Waals surface area contributed by atoms with Gasteiger partial charge in [-0.3, -0.25) is 4.79 Å². The Balaban J connectivity index is 1.70. The molecule has 4 heteroatoms. The van der Waals surface area contributed by atoms with E-state index in [-0.39, 0.29) is 5.91 Å². The van der Waals surface area contributed by atoms with Gasteiger partial charge in [0.1, 0.15) is 0 Å². The van der Waals surface area contributed by atoms with Crippen molar-refractivity contribution in [3.63, 3.8) is 0 Å². The van der Waals surface area contributed by atoms with Gasteiger partial charge in [-0.2, -0.15) is 0 Å². The van der Waals surface area contributed by atoms with Gasteiger partial charge in [0, 0.05) is 29.2 Å². The lowest BCUT2D eigenvalue weighted by atomic mass is 9.79. The summed E-state index contributed by atoms with van der Waals surface area (Å²) in [5, 5.41) is 14.4. The smallest absolute Gasteiger partial charge is 0.252 e. The van der Waals surface area contributed by atoms with E-state index in [1.807, 2.05) is 30.5 Å². The molecule has 3 N–H and O–H groups in total. The monoisotopic (exact) mass is 286 g/mol. The van der Waals surface area contributed by atoms with Gasteiger partial charge >= 0.3 is 0 Å². The zero-order valence-corrected chi connectivity index (χ0v) is 12.4. The molecule has 1 aliphatic carbocycles. The number of H-pyrrole nitrogens is 1. The molecule has 3 rings (SSSR count). The molecule has 4 nitrogen and oxygen atoms in total. The number of nitrogens with one attached hydrogen (secondary N) is 2. The minimum Gasteiger partial charge on any atom is -0.388 e. The largest absolute Gasteiger partial charge is 0.388 e. The minimum absolute atomic E-state index is 0.119. The molecule has 0 spiro atoms. The van der Waals surface area contributed by atoms with E-state index in [9.17, 15) is 9.90 Å². The van der Waals surface area contributed by atoms with Crippen LogP contribution in [-0.4, -0.2) is 28.1 Å². The first-order chi connectivity index (χ1) is 10.1. The van der Waals surface area contributed by atoms with Crippen LogP contribution in [0, 0.1) is 5.92 Å². The van der Waals surface area contributed by atoms with Crippen molar-refractivity contribution in [2.24, 2.45) is 5.92 Å². The molecule has 1 saturated carbocycles. The van der Waals surface area contributed by atoms with Crippen molar-refractivity contribution in [1.82, 2.24) is 10.3 Å². The maximum Gasteiger partial charge on any atom is 0.252 e. The molecule has 1 heterocycles. The second-order valence-corrected chi connectivity index (χ2v) is 6.35. The van der Waals surface area contributed by atoms with E-state index in [4.69, 9.17) is 0 Å². The molecule has 2 atom stereocenters. The van der Waals surface area contributed by atoms with Crippen LogP contribution in [-0.2, 0) is 0 Å². The maximum atomic E-state index is 12.4. The van der Waals surface area contributed by atoms with Crippen LogP contribution in [0.4, 0.5) is 0 Å². The molecule has 1 fully saturated rings. The van der Waals surface area contributed by atoms with E-state index < -0.39 is 5.60 Å². The van der Waals surface area contributed by atoms with Crippen LogP contribution in [0.5, 0.6) is 0 Å². The Hall–Kier alpha value is -1.81. The molecule has 1 aliphatic rings. The Bertz CT molecular complexity index is 649. The Morgan fingerprint density at radius 3 is 3.14 bits per heavy atom. The molecule has 2 unspecified atom stereocenters. The van der Waals surface area contributed by atoms with Crippen molar-refractivity contribution in [2.75, 3.05) is 6.54 Å². The highest BCUT2D eigenvalue weighted by Crippen LogP contribution is 2.31.